The number of rotatable bonds is 3. The largest absolute Gasteiger partial charge is 0.433 e. The summed E-state index contributed by atoms with van der Waals surface area (Å²) in [7, 11) is 1.84. The van der Waals surface area contributed by atoms with Crippen molar-refractivity contribution in [1.82, 2.24) is 14.5 Å². The Hall–Kier alpha value is -2.87. The molecule has 1 aromatic carbocycles. The Kier molecular flexibility index (Phi) is 5.16. The van der Waals surface area contributed by atoms with E-state index in [1.54, 1.807) is 24.4 Å². The molecule has 1 amide bonds. The molecule has 2 heterocycles. The summed E-state index contributed by atoms with van der Waals surface area (Å²) in [5, 5.41) is 3.12. The van der Waals surface area contributed by atoms with Gasteiger partial charge in [0.05, 0.1) is 16.3 Å². The van der Waals surface area contributed by atoms with Crippen LogP contribution < -0.4 is 5.32 Å². The van der Waals surface area contributed by atoms with Crippen molar-refractivity contribution in [2.24, 2.45) is 7.05 Å². The summed E-state index contributed by atoms with van der Waals surface area (Å²) < 4.78 is 40.1. The summed E-state index contributed by atoms with van der Waals surface area (Å²) >= 11 is 6.27. The van der Waals surface area contributed by atoms with Gasteiger partial charge in [0, 0.05) is 30.2 Å². The van der Waals surface area contributed by atoms with Gasteiger partial charge in [-0.2, -0.15) is 13.2 Å². The third-order valence-corrected chi connectivity index (χ3v) is 4.64. The first kappa shape index (κ1) is 19.9. The van der Waals surface area contributed by atoms with Crippen LogP contribution in [-0.2, 0) is 13.2 Å². The quantitative estimate of drug-likeness (QED) is 0.661. The number of anilines is 1. The van der Waals surface area contributed by atoms with E-state index in [0.29, 0.717) is 22.1 Å². The SMILES string of the molecule is Cc1nc(C(F)(F)F)ccc1C(=O)Nc1ccc(Cl)c(-c2ncc(C)n2C)c1. The molecule has 0 saturated heterocycles. The van der Waals surface area contributed by atoms with Crippen molar-refractivity contribution in [2.75, 3.05) is 5.32 Å². The Bertz CT molecular complexity index is 1060. The molecular weight excluding hydrogens is 393 g/mol. The fourth-order valence-corrected chi connectivity index (χ4v) is 2.88. The molecule has 28 heavy (non-hydrogen) atoms. The highest BCUT2D eigenvalue weighted by Gasteiger charge is 2.33. The molecule has 5 nitrogen and oxygen atoms in total. The first-order chi connectivity index (χ1) is 13.1. The van der Waals surface area contributed by atoms with Gasteiger partial charge < -0.3 is 9.88 Å². The Morgan fingerprint density at radius 2 is 1.89 bits per heavy atom. The van der Waals surface area contributed by atoms with Gasteiger partial charge in [-0.3, -0.25) is 4.79 Å². The molecule has 0 unspecified atom stereocenters. The van der Waals surface area contributed by atoms with Crippen molar-refractivity contribution in [3.8, 4) is 11.4 Å². The molecule has 2 aromatic heterocycles. The molecular formula is C19H16ClF3N4O. The smallest absolute Gasteiger partial charge is 0.331 e. The molecule has 0 fully saturated rings. The minimum atomic E-state index is -4.56. The molecule has 3 aromatic rings. The average molecular weight is 409 g/mol. The van der Waals surface area contributed by atoms with Gasteiger partial charge in [-0.05, 0) is 44.2 Å². The number of nitrogens with one attached hydrogen (secondary N) is 1. The fraction of sp³-hybridized carbons (Fsp3) is 0.211. The van der Waals surface area contributed by atoms with Gasteiger partial charge in [0.25, 0.3) is 5.91 Å². The van der Waals surface area contributed by atoms with Crippen molar-refractivity contribution >= 4 is 23.2 Å². The lowest BCUT2D eigenvalue weighted by Crippen LogP contribution is -2.16. The Morgan fingerprint density at radius 3 is 2.46 bits per heavy atom. The van der Waals surface area contributed by atoms with E-state index >= 15 is 0 Å². The number of halogens is 4. The van der Waals surface area contributed by atoms with Crippen molar-refractivity contribution in [3.63, 3.8) is 0 Å². The van der Waals surface area contributed by atoms with Gasteiger partial charge in [0.15, 0.2) is 0 Å². The number of nitrogens with zero attached hydrogens (tertiary/aromatic N) is 3. The fourth-order valence-electron chi connectivity index (χ4n) is 2.68. The summed E-state index contributed by atoms with van der Waals surface area (Å²) in [6, 6.07) is 6.78. The van der Waals surface area contributed by atoms with E-state index in [4.69, 9.17) is 11.6 Å². The summed E-state index contributed by atoms with van der Waals surface area (Å²) in [6.45, 7) is 3.25. The van der Waals surface area contributed by atoms with E-state index in [9.17, 15) is 18.0 Å². The zero-order valence-corrected chi connectivity index (χ0v) is 16.0. The molecule has 0 aliphatic heterocycles. The number of pyridine rings is 1. The summed E-state index contributed by atoms with van der Waals surface area (Å²) in [6.07, 6.45) is -2.86. The molecule has 0 radical (unpaired) electrons. The van der Waals surface area contributed by atoms with Crippen LogP contribution in [0.15, 0.2) is 36.5 Å². The number of hydrogen-bond acceptors (Lipinski definition) is 3. The molecule has 1 N–H and O–H groups in total. The van der Waals surface area contributed by atoms with Crippen LogP contribution >= 0.6 is 11.6 Å². The zero-order chi connectivity index (χ0) is 20.6. The van der Waals surface area contributed by atoms with Crippen LogP contribution in [0.25, 0.3) is 11.4 Å². The predicted molar refractivity (Wildman–Crippen MR) is 100 cm³/mol. The van der Waals surface area contributed by atoms with Gasteiger partial charge in [0.1, 0.15) is 11.5 Å². The van der Waals surface area contributed by atoms with Crippen molar-refractivity contribution < 1.29 is 18.0 Å². The average Bonchev–Trinajstić information content (AvgIpc) is 2.94. The first-order valence-corrected chi connectivity index (χ1v) is 8.60. The maximum atomic E-state index is 12.7. The number of carbonyl (C=O) groups excluding carboxylic acids is 1. The highest BCUT2D eigenvalue weighted by atomic mass is 35.5. The molecule has 0 aliphatic rings. The van der Waals surface area contributed by atoms with Gasteiger partial charge in [-0.25, -0.2) is 9.97 Å². The first-order valence-electron chi connectivity index (χ1n) is 8.22. The second kappa shape index (κ2) is 7.27. The number of imidazole rings is 1. The molecule has 0 spiro atoms. The van der Waals surface area contributed by atoms with Crippen LogP contribution in [0.2, 0.25) is 5.02 Å². The number of benzene rings is 1. The highest BCUT2D eigenvalue weighted by Crippen LogP contribution is 2.31. The third-order valence-electron chi connectivity index (χ3n) is 4.31. The Morgan fingerprint density at radius 1 is 1.18 bits per heavy atom. The van der Waals surface area contributed by atoms with Crippen molar-refractivity contribution in [1.29, 1.82) is 0 Å². The number of carbonyl (C=O) groups is 1. The second-order valence-electron chi connectivity index (χ2n) is 6.26. The lowest BCUT2D eigenvalue weighted by Gasteiger charge is -2.12. The van der Waals surface area contributed by atoms with Gasteiger partial charge in [-0.15, -0.1) is 0 Å². The molecule has 0 bridgehead atoms. The van der Waals surface area contributed by atoms with Gasteiger partial charge in [0.2, 0.25) is 0 Å². The van der Waals surface area contributed by atoms with Crippen molar-refractivity contribution in [2.45, 2.75) is 20.0 Å². The van der Waals surface area contributed by atoms with Gasteiger partial charge in [-0.1, -0.05) is 11.6 Å². The number of aromatic nitrogens is 3. The minimum absolute atomic E-state index is 0.0127. The van der Waals surface area contributed by atoms with Gasteiger partial charge >= 0.3 is 6.18 Å². The van der Waals surface area contributed by atoms with Crippen LogP contribution in [0.1, 0.15) is 27.4 Å². The maximum Gasteiger partial charge on any atom is 0.433 e. The number of hydrogen-bond donors (Lipinski definition) is 1. The zero-order valence-electron chi connectivity index (χ0n) is 15.2. The molecule has 0 atom stereocenters. The molecule has 3 rings (SSSR count). The summed E-state index contributed by atoms with van der Waals surface area (Å²) in [5.74, 6) is 0.0639. The van der Waals surface area contributed by atoms with E-state index in [1.807, 2.05) is 18.5 Å². The lowest BCUT2D eigenvalue weighted by molar-refractivity contribution is -0.141. The second-order valence-corrected chi connectivity index (χ2v) is 6.67. The number of amides is 1. The number of aryl methyl sites for hydroxylation is 2. The summed E-state index contributed by atoms with van der Waals surface area (Å²) in [4.78, 5) is 20.3. The van der Waals surface area contributed by atoms with Crippen molar-refractivity contribution in [3.05, 3.63) is 64.2 Å². The van der Waals surface area contributed by atoms with E-state index in [2.05, 4.69) is 15.3 Å². The summed E-state index contributed by atoms with van der Waals surface area (Å²) in [5.41, 5.74) is 0.993. The predicted octanol–water partition coefficient (Wildman–Crippen LogP) is 5.02. The molecule has 146 valence electrons. The Balaban J connectivity index is 1.89. The topological polar surface area (TPSA) is 59.8 Å². The molecule has 0 aliphatic carbocycles. The van der Waals surface area contributed by atoms with Crippen LogP contribution in [0.5, 0.6) is 0 Å². The van der Waals surface area contributed by atoms with E-state index in [1.165, 1.54) is 6.92 Å². The van der Waals surface area contributed by atoms with E-state index < -0.39 is 17.8 Å². The third kappa shape index (κ3) is 3.87. The van der Waals surface area contributed by atoms with Crippen LogP contribution in [-0.4, -0.2) is 20.4 Å². The number of alkyl halides is 3. The van der Waals surface area contributed by atoms with E-state index in [0.717, 1.165) is 17.8 Å². The molecule has 0 saturated carbocycles. The van der Waals surface area contributed by atoms with E-state index in [-0.39, 0.29) is 11.3 Å². The monoisotopic (exact) mass is 408 g/mol. The van der Waals surface area contributed by atoms with Crippen LogP contribution in [0.3, 0.4) is 0 Å². The normalized spacial score (nSPS) is 11.5. The molecule has 9 heteroatoms. The Labute approximate surface area is 164 Å². The highest BCUT2D eigenvalue weighted by molar-refractivity contribution is 6.33. The van der Waals surface area contributed by atoms with Crippen LogP contribution in [0, 0.1) is 13.8 Å². The van der Waals surface area contributed by atoms with Crippen LogP contribution in [0.4, 0.5) is 18.9 Å². The lowest BCUT2D eigenvalue weighted by atomic mass is 10.1. The minimum Gasteiger partial charge on any atom is -0.331 e. The standard InChI is InChI=1S/C19H16ClF3N4O/c1-10-9-24-17(27(10)3)14-8-12(4-6-15(14)20)26-18(28)13-5-7-16(19(21,22)23)25-11(13)2/h4-9H,1-3H3,(H,26,28). The maximum absolute atomic E-state index is 12.7.